The molecule has 2 N–H and O–H groups in total. The quantitative estimate of drug-likeness (QED) is 0.591. The van der Waals surface area contributed by atoms with Gasteiger partial charge in [0.2, 0.25) is 0 Å². The minimum atomic E-state index is -0.374. The van der Waals surface area contributed by atoms with Crippen molar-refractivity contribution in [2.24, 2.45) is 0 Å². The van der Waals surface area contributed by atoms with Gasteiger partial charge in [0.05, 0.1) is 5.56 Å². The van der Waals surface area contributed by atoms with Crippen molar-refractivity contribution in [3.63, 3.8) is 0 Å². The van der Waals surface area contributed by atoms with Crippen molar-refractivity contribution < 1.29 is 15.0 Å². The summed E-state index contributed by atoms with van der Waals surface area (Å²) in [5, 5.41) is 18.8. The molecule has 0 saturated heterocycles. The molecule has 4 heteroatoms. The second kappa shape index (κ2) is 4.02. The normalized spacial score (nSPS) is 10.0. The van der Waals surface area contributed by atoms with Crippen LogP contribution in [0.4, 0.5) is 0 Å². The molecule has 0 aliphatic carbocycles. The summed E-state index contributed by atoms with van der Waals surface area (Å²) >= 11 is 0. The molecule has 0 fully saturated rings. The summed E-state index contributed by atoms with van der Waals surface area (Å²) in [4.78, 5) is 15.7. The second-order valence-electron chi connectivity index (χ2n) is 3.27. The fourth-order valence-corrected chi connectivity index (χ4v) is 1.36. The van der Waals surface area contributed by atoms with Gasteiger partial charge in [0.25, 0.3) is 0 Å². The maximum Gasteiger partial charge on any atom is 0.198 e. The van der Waals surface area contributed by atoms with Crippen LogP contribution in [-0.2, 0) is 0 Å². The van der Waals surface area contributed by atoms with Crippen LogP contribution in [0.1, 0.15) is 15.9 Å². The Morgan fingerprint density at radius 2 is 2.00 bits per heavy atom. The van der Waals surface area contributed by atoms with Crippen molar-refractivity contribution in [2.45, 2.75) is 0 Å². The van der Waals surface area contributed by atoms with E-state index in [-0.39, 0.29) is 22.8 Å². The molecule has 0 radical (unpaired) electrons. The Labute approximate surface area is 91.8 Å². The summed E-state index contributed by atoms with van der Waals surface area (Å²) in [6, 6.07) is 7.05. The number of pyridine rings is 1. The topological polar surface area (TPSA) is 70.4 Å². The Kier molecular flexibility index (Phi) is 2.55. The smallest absolute Gasteiger partial charge is 0.198 e. The number of phenolic OH excluding ortho intramolecular Hbond substituents is 2. The van der Waals surface area contributed by atoms with Gasteiger partial charge >= 0.3 is 0 Å². The average molecular weight is 215 g/mol. The molecule has 1 aromatic heterocycles. The molecule has 0 spiro atoms. The van der Waals surface area contributed by atoms with Crippen LogP contribution >= 0.6 is 0 Å². The maximum atomic E-state index is 11.9. The van der Waals surface area contributed by atoms with Crippen molar-refractivity contribution in [1.82, 2.24) is 4.98 Å². The van der Waals surface area contributed by atoms with Gasteiger partial charge in [-0.1, -0.05) is 0 Å². The van der Waals surface area contributed by atoms with Crippen LogP contribution in [0.25, 0.3) is 0 Å². The van der Waals surface area contributed by atoms with Crippen LogP contribution < -0.4 is 0 Å². The van der Waals surface area contributed by atoms with Crippen LogP contribution in [0.15, 0.2) is 42.7 Å². The number of carbonyl (C=O) groups is 1. The first kappa shape index (κ1) is 10.2. The van der Waals surface area contributed by atoms with E-state index in [0.29, 0.717) is 5.56 Å². The van der Waals surface area contributed by atoms with Crippen LogP contribution in [0.2, 0.25) is 0 Å². The first-order chi connectivity index (χ1) is 7.68. The Hall–Kier alpha value is -2.36. The zero-order valence-corrected chi connectivity index (χ0v) is 8.29. The summed E-state index contributed by atoms with van der Waals surface area (Å²) in [7, 11) is 0. The first-order valence-electron chi connectivity index (χ1n) is 4.65. The maximum absolute atomic E-state index is 11.9. The molecule has 0 bridgehead atoms. The number of aromatic nitrogens is 1. The van der Waals surface area contributed by atoms with Crippen molar-refractivity contribution in [2.75, 3.05) is 0 Å². The number of aromatic hydroxyl groups is 2. The van der Waals surface area contributed by atoms with E-state index < -0.39 is 0 Å². The number of nitrogens with zero attached hydrogens (tertiary/aromatic N) is 1. The first-order valence-corrected chi connectivity index (χ1v) is 4.65. The summed E-state index contributed by atoms with van der Waals surface area (Å²) in [6.45, 7) is 0. The molecule has 1 heterocycles. The van der Waals surface area contributed by atoms with Crippen molar-refractivity contribution in [1.29, 1.82) is 0 Å². The minimum Gasteiger partial charge on any atom is -0.508 e. The minimum absolute atomic E-state index is 0.0630. The number of phenols is 2. The van der Waals surface area contributed by atoms with E-state index >= 15 is 0 Å². The number of hydrogen-bond donors (Lipinski definition) is 2. The van der Waals surface area contributed by atoms with Gasteiger partial charge in [0.15, 0.2) is 5.78 Å². The average Bonchev–Trinajstić information content (AvgIpc) is 2.32. The van der Waals surface area contributed by atoms with Gasteiger partial charge in [-0.25, -0.2) is 0 Å². The third-order valence-electron chi connectivity index (χ3n) is 2.15. The van der Waals surface area contributed by atoms with Gasteiger partial charge in [-0.15, -0.1) is 0 Å². The molecule has 0 unspecified atom stereocenters. The Balaban J connectivity index is 2.46. The van der Waals surface area contributed by atoms with E-state index in [4.69, 9.17) is 0 Å². The molecule has 0 aliphatic heterocycles. The number of rotatable bonds is 2. The zero-order valence-electron chi connectivity index (χ0n) is 8.29. The number of hydrogen-bond acceptors (Lipinski definition) is 4. The summed E-state index contributed by atoms with van der Waals surface area (Å²) < 4.78 is 0. The highest BCUT2D eigenvalue weighted by Crippen LogP contribution is 2.24. The Morgan fingerprint density at radius 1 is 1.19 bits per heavy atom. The number of carbonyl (C=O) groups excluding carboxylic acids is 1. The van der Waals surface area contributed by atoms with E-state index in [1.165, 1.54) is 24.4 Å². The lowest BCUT2D eigenvalue weighted by atomic mass is 10.0. The van der Waals surface area contributed by atoms with Gasteiger partial charge < -0.3 is 10.2 Å². The van der Waals surface area contributed by atoms with Gasteiger partial charge in [-0.2, -0.15) is 0 Å². The summed E-state index contributed by atoms with van der Waals surface area (Å²) in [5.74, 6) is -0.599. The third-order valence-corrected chi connectivity index (χ3v) is 2.15. The largest absolute Gasteiger partial charge is 0.508 e. The van der Waals surface area contributed by atoms with Gasteiger partial charge in [0, 0.05) is 18.0 Å². The molecule has 2 aromatic rings. The predicted octanol–water partition coefficient (Wildman–Crippen LogP) is 1.72. The second-order valence-corrected chi connectivity index (χ2v) is 3.27. The van der Waals surface area contributed by atoms with Gasteiger partial charge in [-0.3, -0.25) is 9.78 Å². The number of ketones is 1. The highest BCUT2D eigenvalue weighted by Gasteiger charge is 2.13. The fourth-order valence-electron chi connectivity index (χ4n) is 1.36. The lowest BCUT2D eigenvalue weighted by Crippen LogP contribution is -2.01. The van der Waals surface area contributed by atoms with Gasteiger partial charge in [-0.05, 0) is 30.3 Å². The fraction of sp³-hybridized carbons (Fsp3) is 0. The Morgan fingerprint density at radius 3 is 2.69 bits per heavy atom. The van der Waals surface area contributed by atoms with Crippen LogP contribution in [0.3, 0.4) is 0 Å². The van der Waals surface area contributed by atoms with E-state index in [1.54, 1.807) is 18.3 Å². The number of benzene rings is 1. The van der Waals surface area contributed by atoms with Crippen LogP contribution in [0, 0.1) is 0 Å². The molecule has 2 rings (SSSR count). The molecule has 80 valence electrons. The van der Waals surface area contributed by atoms with Crippen LogP contribution in [0.5, 0.6) is 11.5 Å². The molecule has 0 saturated carbocycles. The van der Waals surface area contributed by atoms with Crippen molar-refractivity contribution >= 4 is 5.78 Å². The lowest BCUT2D eigenvalue weighted by Gasteiger charge is -2.03. The SMILES string of the molecule is O=C(c1cccnc1)c1cc(O)ccc1O. The lowest BCUT2D eigenvalue weighted by molar-refractivity contribution is 0.103. The third kappa shape index (κ3) is 1.86. The van der Waals surface area contributed by atoms with Gasteiger partial charge in [0.1, 0.15) is 11.5 Å². The molecule has 4 nitrogen and oxygen atoms in total. The molecular weight excluding hydrogens is 206 g/mol. The molecular formula is C12H9NO3. The molecule has 0 amide bonds. The molecule has 0 aliphatic rings. The van der Waals surface area contributed by atoms with E-state index in [2.05, 4.69) is 4.98 Å². The monoisotopic (exact) mass is 215 g/mol. The van der Waals surface area contributed by atoms with E-state index in [1.807, 2.05) is 0 Å². The highest BCUT2D eigenvalue weighted by atomic mass is 16.3. The predicted molar refractivity (Wildman–Crippen MR) is 57.4 cm³/mol. The van der Waals surface area contributed by atoms with Crippen LogP contribution in [-0.4, -0.2) is 21.0 Å². The molecule has 16 heavy (non-hydrogen) atoms. The highest BCUT2D eigenvalue weighted by molar-refractivity contribution is 6.10. The molecule has 0 atom stereocenters. The summed E-state index contributed by atoms with van der Waals surface area (Å²) in [6.07, 6.45) is 2.96. The Bertz CT molecular complexity index is 523. The standard InChI is InChI=1S/C12H9NO3/c14-9-3-4-11(15)10(6-9)12(16)8-2-1-5-13-7-8/h1-7,14-15H. The zero-order chi connectivity index (χ0) is 11.5. The summed E-state index contributed by atoms with van der Waals surface area (Å²) in [5.41, 5.74) is 0.427. The van der Waals surface area contributed by atoms with E-state index in [0.717, 1.165) is 0 Å². The van der Waals surface area contributed by atoms with Crippen molar-refractivity contribution in [3.8, 4) is 11.5 Å². The van der Waals surface area contributed by atoms with E-state index in [9.17, 15) is 15.0 Å². The molecule has 1 aromatic carbocycles. The van der Waals surface area contributed by atoms with Crippen molar-refractivity contribution in [3.05, 3.63) is 53.9 Å².